The van der Waals surface area contributed by atoms with Crippen molar-refractivity contribution in [1.29, 1.82) is 0 Å². The molecule has 0 amide bonds. The second-order valence-corrected chi connectivity index (χ2v) is 5.31. The van der Waals surface area contributed by atoms with E-state index in [2.05, 4.69) is 91.7 Å². The lowest BCUT2D eigenvalue weighted by Crippen LogP contribution is -2.09. The molecule has 0 atom stereocenters. The topological polar surface area (TPSA) is 3.24 Å². The fraction of sp³-hybridized carbons (Fsp3) is 0.100. The van der Waals surface area contributed by atoms with E-state index in [4.69, 9.17) is 0 Å². The van der Waals surface area contributed by atoms with E-state index in [1.165, 1.54) is 28.1 Å². The summed E-state index contributed by atoms with van der Waals surface area (Å²) in [5.74, 6) is 0. The average molecular weight is 273 g/mol. The minimum Gasteiger partial charge on any atom is -0.345 e. The summed E-state index contributed by atoms with van der Waals surface area (Å²) in [5.41, 5.74) is 6.18. The highest BCUT2D eigenvalue weighted by Gasteiger charge is 2.04. The lowest BCUT2D eigenvalue weighted by atomic mass is 10.1. The number of anilines is 2. The molecule has 3 aromatic rings. The van der Waals surface area contributed by atoms with Crippen LogP contribution in [0.5, 0.6) is 0 Å². The summed E-state index contributed by atoms with van der Waals surface area (Å²) in [6.45, 7) is 2.12. The molecule has 3 rings (SSSR count). The van der Waals surface area contributed by atoms with Crippen LogP contribution >= 0.6 is 0 Å². The molecule has 1 nitrogen and oxygen atoms in total. The van der Waals surface area contributed by atoms with Crippen molar-refractivity contribution in [1.82, 2.24) is 0 Å². The summed E-state index contributed by atoms with van der Waals surface area (Å²) >= 11 is 0. The molecule has 0 saturated carbocycles. The molecular weight excluding hydrogens is 254 g/mol. The summed E-state index contributed by atoms with van der Waals surface area (Å²) in [5, 5.41) is 0. The van der Waals surface area contributed by atoms with Gasteiger partial charge in [-0.3, -0.25) is 0 Å². The smallest absolute Gasteiger partial charge is 0.0410 e. The van der Waals surface area contributed by atoms with Crippen LogP contribution in [0.3, 0.4) is 0 Å². The summed E-state index contributed by atoms with van der Waals surface area (Å²) in [7, 11) is 2.10. The molecule has 0 aliphatic heterocycles. The van der Waals surface area contributed by atoms with Gasteiger partial charge in [0, 0.05) is 18.4 Å². The van der Waals surface area contributed by atoms with Gasteiger partial charge in [0.15, 0.2) is 0 Å². The summed E-state index contributed by atoms with van der Waals surface area (Å²) < 4.78 is 0. The van der Waals surface area contributed by atoms with Gasteiger partial charge >= 0.3 is 0 Å². The Balaban J connectivity index is 1.87. The van der Waals surface area contributed by atoms with Crippen molar-refractivity contribution in [3.8, 4) is 11.1 Å². The molecule has 21 heavy (non-hydrogen) atoms. The van der Waals surface area contributed by atoms with E-state index in [1.807, 2.05) is 6.07 Å². The SMILES string of the molecule is Cc1cccc(N(C)c2ccc(-c3ccccc3)cc2)c1. The maximum absolute atomic E-state index is 2.21. The monoisotopic (exact) mass is 273 g/mol. The molecular formula is C20H19N. The second kappa shape index (κ2) is 5.84. The molecule has 0 aromatic heterocycles. The van der Waals surface area contributed by atoms with Crippen LogP contribution in [0, 0.1) is 6.92 Å². The third-order valence-corrected chi connectivity index (χ3v) is 3.75. The van der Waals surface area contributed by atoms with Crippen LogP contribution in [-0.2, 0) is 0 Å². The molecule has 0 aliphatic carbocycles. The third-order valence-electron chi connectivity index (χ3n) is 3.75. The van der Waals surface area contributed by atoms with E-state index in [-0.39, 0.29) is 0 Å². The highest BCUT2D eigenvalue weighted by Crippen LogP contribution is 2.27. The number of benzene rings is 3. The number of hydrogen-bond acceptors (Lipinski definition) is 1. The quantitative estimate of drug-likeness (QED) is 0.615. The fourth-order valence-corrected chi connectivity index (χ4v) is 2.49. The van der Waals surface area contributed by atoms with Crippen LogP contribution in [-0.4, -0.2) is 7.05 Å². The van der Waals surface area contributed by atoms with Crippen LogP contribution in [0.1, 0.15) is 5.56 Å². The Kier molecular flexibility index (Phi) is 3.74. The molecule has 1 heteroatoms. The number of hydrogen-bond donors (Lipinski definition) is 0. The first-order valence-corrected chi connectivity index (χ1v) is 7.20. The summed E-state index contributed by atoms with van der Waals surface area (Å²) in [4.78, 5) is 2.21. The number of aryl methyl sites for hydroxylation is 1. The average Bonchev–Trinajstić information content (AvgIpc) is 2.55. The molecule has 0 aliphatic rings. The van der Waals surface area contributed by atoms with Gasteiger partial charge in [0.25, 0.3) is 0 Å². The zero-order valence-electron chi connectivity index (χ0n) is 12.5. The van der Waals surface area contributed by atoms with Crippen LogP contribution in [0.2, 0.25) is 0 Å². The van der Waals surface area contributed by atoms with E-state index in [1.54, 1.807) is 0 Å². The minimum atomic E-state index is 1.19. The van der Waals surface area contributed by atoms with E-state index in [0.717, 1.165) is 0 Å². The van der Waals surface area contributed by atoms with Crippen molar-refractivity contribution in [2.45, 2.75) is 6.92 Å². The van der Waals surface area contributed by atoms with E-state index >= 15 is 0 Å². The van der Waals surface area contributed by atoms with Gasteiger partial charge in [-0.05, 0) is 47.9 Å². The zero-order chi connectivity index (χ0) is 14.7. The molecule has 0 spiro atoms. The molecule has 0 heterocycles. The van der Waals surface area contributed by atoms with E-state index in [9.17, 15) is 0 Å². The maximum atomic E-state index is 2.21. The van der Waals surface area contributed by atoms with Crippen molar-refractivity contribution in [3.05, 3.63) is 84.4 Å². The molecule has 0 N–H and O–H groups in total. The van der Waals surface area contributed by atoms with Gasteiger partial charge < -0.3 is 4.90 Å². The molecule has 104 valence electrons. The van der Waals surface area contributed by atoms with Crippen LogP contribution in [0.4, 0.5) is 11.4 Å². The van der Waals surface area contributed by atoms with Crippen molar-refractivity contribution < 1.29 is 0 Å². The number of nitrogens with zero attached hydrogens (tertiary/aromatic N) is 1. The highest BCUT2D eigenvalue weighted by molar-refractivity contribution is 5.69. The predicted molar refractivity (Wildman–Crippen MR) is 91.1 cm³/mol. The largest absolute Gasteiger partial charge is 0.345 e. The van der Waals surface area contributed by atoms with Crippen molar-refractivity contribution >= 4 is 11.4 Å². The first kappa shape index (κ1) is 13.4. The van der Waals surface area contributed by atoms with Gasteiger partial charge in [-0.25, -0.2) is 0 Å². The molecule has 3 aromatic carbocycles. The molecule has 0 bridgehead atoms. The first-order chi connectivity index (χ1) is 10.2. The molecule has 0 radical (unpaired) electrons. The van der Waals surface area contributed by atoms with Gasteiger partial charge in [-0.15, -0.1) is 0 Å². The lowest BCUT2D eigenvalue weighted by molar-refractivity contribution is 1.20. The predicted octanol–water partition coefficient (Wildman–Crippen LogP) is 5.43. The maximum Gasteiger partial charge on any atom is 0.0410 e. The first-order valence-electron chi connectivity index (χ1n) is 7.20. The Labute approximate surface area is 126 Å². The molecule has 0 saturated heterocycles. The Morgan fingerprint density at radius 2 is 1.29 bits per heavy atom. The van der Waals surface area contributed by atoms with Crippen molar-refractivity contribution in [2.24, 2.45) is 0 Å². The molecule has 0 fully saturated rings. The number of rotatable bonds is 3. The van der Waals surface area contributed by atoms with Crippen LogP contribution in [0.25, 0.3) is 11.1 Å². The van der Waals surface area contributed by atoms with Crippen molar-refractivity contribution in [3.63, 3.8) is 0 Å². The van der Waals surface area contributed by atoms with Gasteiger partial charge in [-0.1, -0.05) is 54.6 Å². The standard InChI is InChI=1S/C20H19N/c1-16-7-6-10-20(15-16)21(2)19-13-11-18(12-14-19)17-8-4-3-5-9-17/h3-15H,1-2H3. The van der Waals surface area contributed by atoms with E-state index < -0.39 is 0 Å². The Morgan fingerprint density at radius 1 is 0.619 bits per heavy atom. The van der Waals surface area contributed by atoms with Gasteiger partial charge in [0.1, 0.15) is 0 Å². The van der Waals surface area contributed by atoms with Gasteiger partial charge in [-0.2, -0.15) is 0 Å². The van der Waals surface area contributed by atoms with E-state index in [0.29, 0.717) is 0 Å². The Morgan fingerprint density at radius 3 is 1.95 bits per heavy atom. The third kappa shape index (κ3) is 2.97. The Hall–Kier alpha value is -2.54. The van der Waals surface area contributed by atoms with Gasteiger partial charge in [0.05, 0.1) is 0 Å². The summed E-state index contributed by atoms with van der Waals surface area (Å²) in [6, 6.07) is 27.7. The van der Waals surface area contributed by atoms with Crippen molar-refractivity contribution in [2.75, 3.05) is 11.9 Å². The lowest BCUT2D eigenvalue weighted by Gasteiger charge is -2.20. The minimum absolute atomic E-state index is 1.19. The molecule has 0 unspecified atom stereocenters. The Bertz CT molecular complexity index is 714. The fourth-order valence-electron chi connectivity index (χ4n) is 2.49. The van der Waals surface area contributed by atoms with Gasteiger partial charge in [0.2, 0.25) is 0 Å². The van der Waals surface area contributed by atoms with Crippen LogP contribution in [0.15, 0.2) is 78.9 Å². The summed E-state index contributed by atoms with van der Waals surface area (Å²) in [6.07, 6.45) is 0. The zero-order valence-corrected chi connectivity index (χ0v) is 12.5. The normalized spacial score (nSPS) is 10.4. The van der Waals surface area contributed by atoms with Crippen LogP contribution < -0.4 is 4.90 Å². The highest BCUT2D eigenvalue weighted by atomic mass is 15.1. The second-order valence-electron chi connectivity index (χ2n) is 5.31.